The lowest BCUT2D eigenvalue weighted by Crippen LogP contribution is -2.44. The third-order valence-electron chi connectivity index (χ3n) is 6.34. The fourth-order valence-electron chi connectivity index (χ4n) is 5.03. The highest BCUT2D eigenvalue weighted by Gasteiger charge is 2.55. The van der Waals surface area contributed by atoms with Gasteiger partial charge in [-0.25, -0.2) is 5.01 Å². The summed E-state index contributed by atoms with van der Waals surface area (Å²) in [5, 5.41) is 4.36. The Hall–Kier alpha value is -2.85. The van der Waals surface area contributed by atoms with Crippen molar-refractivity contribution in [2.45, 2.75) is 51.4 Å². The third-order valence-corrected chi connectivity index (χ3v) is 6.34. The normalized spacial score (nSPS) is 23.6. The third kappa shape index (κ3) is 2.90. The minimum absolute atomic E-state index is 0.0132. The second kappa shape index (κ2) is 6.60. The summed E-state index contributed by atoms with van der Waals surface area (Å²) in [6.07, 6.45) is 3.53. The van der Waals surface area contributed by atoms with Crippen molar-refractivity contribution in [1.29, 1.82) is 0 Å². The number of aromatic nitrogens is 1. The molecule has 0 spiro atoms. The van der Waals surface area contributed by atoms with Gasteiger partial charge in [-0.2, -0.15) is 0 Å². The second-order valence-electron chi connectivity index (χ2n) is 8.88. The summed E-state index contributed by atoms with van der Waals surface area (Å²) in [6.45, 7) is 6.48. The minimum Gasteiger partial charge on any atom is -0.325 e. The van der Waals surface area contributed by atoms with E-state index in [0.717, 1.165) is 12.1 Å². The lowest BCUT2D eigenvalue weighted by Gasteiger charge is -2.36. The lowest BCUT2D eigenvalue weighted by atomic mass is 9.95. The lowest BCUT2D eigenvalue weighted by molar-refractivity contribution is -0.144. The van der Waals surface area contributed by atoms with Crippen LogP contribution in [-0.2, 0) is 4.79 Å². The number of rotatable bonds is 3. The molecule has 1 aromatic heterocycles. The molecule has 2 aliphatic rings. The van der Waals surface area contributed by atoms with E-state index >= 15 is 0 Å². The van der Waals surface area contributed by atoms with Gasteiger partial charge in [-0.05, 0) is 44.0 Å². The van der Waals surface area contributed by atoms with Crippen LogP contribution in [-0.4, -0.2) is 26.0 Å². The Morgan fingerprint density at radius 2 is 1.66 bits per heavy atom. The molecular weight excluding hydrogens is 358 g/mol. The Bertz CT molecular complexity index is 1040. The molecule has 1 amide bonds. The van der Waals surface area contributed by atoms with Crippen molar-refractivity contribution in [3.63, 3.8) is 0 Å². The van der Waals surface area contributed by atoms with Gasteiger partial charge in [-0.3, -0.25) is 9.80 Å². The van der Waals surface area contributed by atoms with Crippen molar-refractivity contribution in [3.05, 3.63) is 84.1 Å². The van der Waals surface area contributed by atoms with E-state index in [1.807, 2.05) is 11.1 Å². The smallest absolute Gasteiger partial charge is 0.240 e. The largest absolute Gasteiger partial charge is 0.325 e. The van der Waals surface area contributed by atoms with Crippen LogP contribution in [0.3, 0.4) is 0 Å². The number of nitrogens with zero attached hydrogens (tertiary/aromatic N) is 3. The van der Waals surface area contributed by atoms with Crippen molar-refractivity contribution < 1.29 is 4.79 Å². The van der Waals surface area contributed by atoms with Gasteiger partial charge >= 0.3 is 0 Å². The maximum absolute atomic E-state index is 13.1. The molecule has 0 N–H and O–H groups in total. The fraction of sp³-hybridized carbons (Fsp3) is 0.320. The number of carbonyl (C=O) groups excluding carboxylic acids is 1. The van der Waals surface area contributed by atoms with Crippen LogP contribution in [0.2, 0.25) is 0 Å². The molecule has 0 aliphatic carbocycles. The molecular formula is C25H27N3O. The molecule has 2 saturated heterocycles. The van der Waals surface area contributed by atoms with E-state index in [2.05, 4.69) is 97.2 Å². The molecule has 5 rings (SSSR count). The summed E-state index contributed by atoms with van der Waals surface area (Å²) in [5.41, 5.74) is 4.67. The van der Waals surface area contributed by atoms with Gasteiger partial charge in [0.1, 0.15) is 6.17 Å². The van der Waals surface area contributed by atoms with Gasteiger partial charge in [0.05, 0.1) is 6.04 Å². The predicted molar refractivity (Wildman–Crippen MR) is 115 cm³/mol. The van der Waals surface area contributed by atoms with E-state index in [-0.39, 0.29) is 23.7 Å². The highest BCUT2D eigenvalue weighted by atomic mass is 16.2. The van der Waals surface area contributed by atoms with Gasteiger partial charge in [0.15, 0.2) is 0 Å². The maximum atomic E-state index is 13.1. The number of hydrogen-bond acceptors (Lipinski definition) is 2. The van der Waals surface area contributed by atoms with Crippen LogP contribution < -0.4 is 0 Å². The number of carbonyl (C=O) groups is 1. The van der Waals surface area contributed by atoms with E-state index in [1.165, 1.54) is 16.7 Å². The van der Waals surface area contributed by atoms with Gasteiger partial charge in [-0.15, -0.1) is 0 Å². The molecule has 4 heteroatoms. The van der Waals surface area contributed by atoms with E-state index in [9.17, 15) is 4.79 Å². The van der Waals surface area contributed by atoms with Gasteiger partial charge in [0.25, 0.3) is 0 Å². The first kappa shape index (κ1) is 18.2. The van der Waals surface area contributed by atoms with Crippen molar-refractivity contribution in [2.75, 3.05) is 0 Å². The SMILES string of the molecule is Cc1ccc([C@@H]2C[C@@H](n3cccc3-c3ccccc3)N3C(=O)CC(C)(C)N23)cc1. The van der Waals surface area contributed by atoms with Crippen molar-refractivity contribution >= 4 is 5.91 Å². The molecule has 0 bridgehead atoms. The minimum atomic E-state index is -0.193. The Morgan fingerprint density at radius 1 is 0.931 bits per heavy atom. The number of aryl methyl sites for hydroxylation is 1. The monoisotopic (exact) mass is 385 g/mol. The molecule has 2 aromatic carbocycles. The molecule has 2 fully saturated rings. The number of hydrogen-bond donors (Lipinski definition) is 0. The molecule has 2 aliphatic heterocycles. The summed E-state index contributed by atoms with van der Waals surface area (Å²) < 4.78 is 2.27. The Kier molecular flexibility index (Phi) is 4.14. The van der Waals surface area contributed by atoms with Gasteiger partial charge < -0.3 is 4.57 Å². The highest BCUT2D eigenvalue weighted by molar-refractivity contribution is 5.80. The summed E-state index contributed by atoms with van der Waals surface area (Å²) in [6, 6.07) is 23.6. The highest BCUT2D eigenvalue weighted by Crippen LogP contribution is 2.51. The first-order valence-corrected chi connectivity index (χ1v) is 10.4. The zero-order valence-electron chi connectivity index (χ0n) is 17.2. The first-order valence-electron chi connectivity index (χ1n) is 10.4. The quantitative estimate of drug-likeness (QED) is 0.609. The number of benzene rings is 2. The second-order valence-corrected chi connectivity index (χ2v) is 8.88. The summed E-state index contributed by atoms with van der Waals surface area (Å²) in [7, 11) is 0. The van der Waals surface area contributed by atoms with Crippen LogP contribution in [0.5, 0.6) is 0 Å². The van der Waals surface area contributed by atoms with Crippen LogP contribution >= 0.6 is 0 Å². The van der Waals surface area contributed by atoms with Crippen molar-refractivity contribution in [1.82, 2.24) is 14.6 Å². The van der Waals surface area contributed by atoms with E-state index in [0.29, 0.717) is 6.42 Å². The van der Waals surface area contributed by atoms with Gasteiger partial charge in [-0.1, -0.05) is 60.2 Å². The Morgan fingerprint density at radius 3 is 2.38 bits per heavy atom. The topological polar surface area (TPSA) is 28.5 Å². The standard InChI is InChI=1S/C25H27N3O/c1-18-11-13-20(14-12-18)22-16-23(27-24(29)17-25(2,3)28(22)27)26-15-7-10-21(26)19-8-5-4-6-9-19/h4-15,22-23H,16-17H2,1-3H3/t22-,23-/m0/s1. The summed E-state index contributed by atoms with van der Waals surface area (Å²) >= 11 is 0. The number of amides is 1. The van der Waals surface area contributed by atoms with E-state index in [4.69, 9.17) is 0 Å². The van der Waals surface area contributed by atoms with E-state index < -0.39 is 0 Å². The molecule has 4 nitrogen and oxygen atoms in total. The molecule has 2 atom stereocenters. The maximum Gasteiger partial charge on any atom is 0.240 e. The van der Waals surface area contributed by atoms with Gasteiger partial charge in [0, 0.05) is 30.3 Å². The zero-order chi connectivity index (χ0) is 20.2. The Labute approximate surface area is 172 Å². The average molecular weight is 386 g/mol. The van der Waals surface area contributed by atoms with Crippen LogP contribution in [0, 0.1) is 6.92 Å². The van der Waals surface area contributed by atoms with Crippen LogP contribution in [0.15, 0.2) is 72.9 Å². The molecule has 29 heavy (non-hydrogen) atoms. The molecule has 148 valence electrons. The molecule has 3 heterocycles. The predicted octanol–water partition coefficient (Wildman–Crippen LogP) is 5.34. The average Bonchev–Trinajstić information content (AvgIpc) is 3.39. The van der Waals surface area contributed by atoms with Crippen LogP contribution in [0.1, 0.15) is 50.0 Å². The van der Waals surface area contributed by atoms with Crippen molar-refractivity contribution in [2.24, 2.45) is 0 Å². The number of fused-ring (bicyclic) bond motifs is 1. The molecule has 0 unspecified atom stereocenters. The molecule has 0 saturated carbocycles. The molecule has 0 radical (unpaired) electrons. The Balaban J connectivity index is 1.60. The van der Waals surface area contributed by atoms with E-state index in [1.54, 1.807) is 0 Å². The van der Waals surface area contributed by atoms with Gasteiger partial charge in [0.2, 0.25) is 5.91 Å². The summed E-state index contributed by atoms with van der Waals surface area (Å²) in [5.74, 6) is 0.210. The van der Waals surface area contributed by atoms with Crippen LogP contribution in [0.25, 0.3) is 11.3 Å². The fourth-order valence-corrected chi connectivity index (χ4v) is 5.03. The zero-order valence-corrected chi connectivity index (χ0v) is 17.2. The first-order chi connectivity index (χ1) is 14.0. The van der Waals surface area contributed by atoms with Crippen molar-refractivity contribution in [3.8, 4) is 11.3 Å². The van der Waals surface area contributed by atoms with Crippen LogP contribution in [0.4, 0.5) is 0 Å². The molecule has 3 aromatic rings. The summed E-state index contributed by atoms with van der Waals surface area (Å²) in [4.78, 5) is 13.1. The number of hydrazine groups is 1.